The van der Waals surface area contributed by atoms with E-state index in [0.717, 1.165) is 0 Å². The molecule has 0 saturated carbocycles. The zero-order valence-electron chi connectivity index (χ0n) is 16.3. The number of aliphatic hydroxyl groups excluding tert-OH is 4. The van der Waals surface area contributed by atoms with E-state index in [9.17, 15) is 25.2 Å². The highest BCUT2D eigenvalue weighted by molar-refractivity contribution is 6.05. The van der Waals surface area contributed by atoms with Gasteiger partial charge in [-0.1, -0.05) is 0 Å². The van der Waals surface area contributed by atoms with E-state index in [1.165, 1.54) is 7.11 Å². The van der Waals surface area contributed by atoms with Crippen molar-refractivity contribution in [3.63, 3.8) is 0 Å². The highest BCUT2D eigenvalue weighted by Gasteiger charge is 2.44. The molecule has 4 rings (SSSR count). The summed E-state index contributed by atoms with van der Waals surface area (Å²) in [6.07, 6.45) is -7.02. The van der Waals surface area contributed by atoms with Gasteiger partial charge in [0.05, 0.1) is 19.1 Å². The van der Waals surface area contributed by atoms with Gasteiger partial charge in [-0.05, 0) is 37.3 Å². The van der Waals surface area contributed by atoms with Crippen molar-refractivity contribution in [2.24, 2.45) is 0 Å². The summed E-state index contributed by atoms with van der Waals surface area (Å²) in [5, 5.41) is 41.1. The molecule has 4 N–H and O–H groups in total. The molecule has 1 saturated heterocycles. The van der Waals surface area contributed by atoms with Crippen molar-refractivity contribution in [1.82, 2.24) is 0 Å². The molecule has 2 aromatic carbocycles. The van der Waals surface area contributed by atoms with Crippen LogP contribution in [0.5, 0.6) is 11.5 Å². The van der Waals surface area contributed by atoms with Gasteiger partial charge in [-0.25, -0.2) is 4.79 Å². The van der Waals surface area contributed by atoms with Crippen molar-refractivity contribution in [2.45, 2.75) is 37.6 Å². The second kappa shape index (κ2) is 7.86. The number of aliphatic hydroxyl groups is 4. The van der Waals surface area contributed by atoms with E-state index in [0.29, 0.717) is 33.1 Å². The van der Waals surface area contributed by atoms with Gasteiger partial charge < -0.3 is 39.1 Å². The van der Waals surface area contributed by atoms with Crippen LogP contribution in [-0.4, -0.2) is 64.8 Å². The van der Waals surface area contributed by atoms with Crippen molar-refractivity contribution >= 4 is 21.7 Å². The minimum atomic E-state index is -1.56. The van der Waals surface area contributed by atoms with Crippen LogP contribution in [0.15, 0.2) is 39.5 Å². The molecule has 0 amide bonds. The third-order valence-electron chi connectivity index (χ3n) is 5.38. The Morgan fingerprint density at radius 3 is 2.43 bits per heavy atom. The van der Waals surface area contributed by atoms with E-state index < -0.39 is 42.9 Å². The normalized spacial score (nSPS) is 26.8. The summed E-state index contributed by atoms with van der Waals surface area (Å²) < 4.78 is 21.8. The van der Waals surface area contributed by atoms with Crippen LogP contribution >= 0.6 is 0 Å². The maximum absolute atomic E-state index is 12.5. The van der Waals surface area contributed by atoms with Gasteiger partial charge >= 0.3 is 5.63 Å². The first-order valence-corrected chi connectivity index (χ1v) is 9.37. The molecule has 1 fully saturated rings. The molecule has 0 spiro atoms. The standard InChI is InChI=1S/C21H22O9/c1-9-14(28-21-18(25)17(24)16(23)15(8-22)29-21)6-5-12-11-4-3-10(27-2)7-13(11)20(26)30-19(9)12/h3-7,15-18,21-25H,8H2,1-2H3/t15-,16-,17+,18-,21-/m1/s1. The number of rotatable bonds is 4. The molecular formula is C21H22O9. The predicted octanol–water partition coefficient (Wildman–Crippen LogP) is 0.442. The molecule has 0 radical (unpaired) electrons. The molecule has 9 nitrogen and oxygen atoms in total. The second-order valence-electron chi connectivity index (χ2n) is 7.18. The molecule has 2 heterocycles. The Morgan fingerprint density at radius 1 is 1.00 bits per heavy atom. The Labute approximate surface area is 170 Å². The van der Waals surface area contributed by atoms with Gasteiger partial charge in [0.15, 0.2) is 0 Å². The minimum Gasteiger partial charge on any atom is -0.497 e. The maximum Gasteiger partial charge on any atom is 0.344 e. The van der Waals surface area contributed by atoms with Crippen LogP contribution in [0.1, 0.15) is 5.56 Å². The summed E-state index contributed by atoms with van der Waals surface area (Å²) >= 11 is 0. The fraction of sp³-hybridized carbons (Fsp3) is 0.381. The highest BCUT2D eigenvalue weighted by atomic mass is 16.7. The minimum absolute atomic E-state index is 0.253. The lowest BCUT2D eigenvalue weighted by Crippen LogP contribution is -2.60. The number of hydrogen-bond donors (Lipinski definition) is 4. The second-order valence-corrected chi connectivity index (χ2v) is 7.18. The quantitative estimate of drug-likeness (QED) is 0.351. The molecule has 3 aromatic rings. The number of ether oxygens (including phenoxy) is 3. The van der Waals surface area contributed by atoms with Crippen LogP contribution in [-0.2, 0) is 4.74 Å². The third kappa shape index (κ3) is 3.30. The Bertz CT molecular complexity index is 1140. The van der Waals surface area contributed by atoms with E-state index in [-0.39, 0.29) is 5.75 Å². The SMILES string of the molecule is COc1ccc2c(c1)c(=O)oc1c(C)c(O[C@@H]3O[C@H](CO)[C@@H](O)[C@H](O)[C@H]3O)ccc12. The molecular weight excluding hydrogens is 396 g/mol. The summed E-state index contributed by atoms with van der Waals surface area (Å²) in [4.78, 5) is 12.5. The molecule has 1 aliphatic rings. The largest absolute Gasteiger partial charge is 0.497 e. The third-order valence-corrected chi connectivity index (χ3v) is 5.38. The maximum atomic E-state index is 12.5. The number of hydrogen-bond acceptors (Lipinski definition) is 9. The summed E-state index contributed by atoms with van der Waals surface area (Å²) in [6.45, 7) is 1.12. The van der Waals surface area contributed by atoms with Crippen molar-refractivity contribution in [1.29, 1.82) is 0 Å². The van der Waals surface area contributed by atoms with Gasteiger partial charge in [-0.15, -0.1) is 0 Å². The zero-order chi connectivity index (χ0) is 21.6. The summed E-state index contributed by atoms with van der Waals surface area (Å²) in [7, 11) is 1.51. The van der Waals surface area contributed by atoms with Crippen LogP contribution < -0.4 is 15.1 Å². The van der Waals surface area contributed by atoms with E-state index in [2.05, 4.69) is 0 Å². The lowest BCUT2D eigenvalue weighted by atomic mass is 9.99. The molecule has 160 valence electrons. The molecule has 30 heavy (non-hydrogen) atoms. The molecule has 1 aromatic heterocycles. The van der Waals surface area contributed by atoms with Crippen LogP contribution in [0.3, 0.4) is 0 Å². The molecule has 9 heteroatoms. The fourth-order valence-corrected chi connectivity index (χ4v) is 3.64. The van der Waals surface area contributed by atoms with Gasteiger partial charge in [0.25, 0.3) is 0 Å². The van der Waals surface area contributed by atoms with Crippen molar-refractivity contribution < 1.29 is 39.1 Å². The monoisotopic (exact) mass is 418 g/mol. The van der Waals surface area contributed by atoms with Crippen LogP contribution in [0, 0.1) is 6.92 Å². The molecule has 0 unspecified atom stereocenters. The van der Waals surface area contributed by atoms with Gasteiger partial charge in [0.2, 0.25) is 6.29 Å². The zero-order valence-corrected chi connectivity index (χ0v) is 16.3. The first-order valence-electron chi connectivity index (χ1n) is 9.37. The lowest BCUT2D eigenvalue weighted by Gasteiger charge is -2.39. The van der Waals surface area contributed by atoms with Gasteiger partial charge in [0.1, 0.15) is 41.5 Å². The smallest absolute Gasteiger partial charge is 0.344 e. The fourth-order valence-electron chi connectivity index (χ4n) is 3.64. The van der Waals surface area contributed by atoms with E-state index >= 15 is 0 Å². The number of fused-ring (bicyclic) bond motifs is 3. The van der Waals surface area contributed by atoms with Gasteiger partial charge in [0, 0.05) is 16.3 Å². The Hall–Kier alpha value is -2.69. The Morgan fingerprint density at radius 2 is 1.73 bits per heavy atom. The first kappa shape index (κ1) is 20.6. The van der Waals surface area contributed by atoms with Gasteiger partial charge in [-0.2, -0.15) is 0 Å². The predicted molar refractivity (Wildman–Crippen MR) is 106 cm³/mol. The number of benzene rings is 2. The number of methoxy groups -OCH3 is 1. The summed E-state index contributed by atoms with van der Waals surface area (Å²) in [5.41, 5.74) is 0.253. The van der Waals surface area contributed by atoms with Crippen molar-refractivity contribution in [3.05, 3.63) is 46.3 Å². The van der Waals surface area contributed by atoms with Gasteiger partial charge in [-0.3, -0.25) is 0 Å². The summed E-state index contributed by atoms with van der Waals surface area (Å²) in [5.74, 6) is 0.788. The summed E-state index contributed by atoms with van der Waals surface area (Å²) in [6, 6.07) is 8.45. The van der Waals surface area contributed by atoms with Crippen LogP contribution in [0.2, 0.25) is 0 Å². The average Bonchev–Trinajstić information content (AvgIpc) is 2.76. The molecule has 0 bridgehead atoms. The van der Waals surface area contributed by atoms with E-state index in [4.69, 9.17) is 18.6 Å². The van der Waals surface area contributed by atoms with E-state index in [1.54, 1.807) is 37.3 Å². The molecule has 5 atom stereocenters. The topological polar surface area (TPSA) is 139 Å². The Kier molecular flexibility index (Phi) is 5.39. The molecule has 1 aliphatic heterocycles. The van der Waals surface area contributed by atoms with Crippen molar-refractivity contribution in [3.8, 4) is 11.5 Å². The van der Waals surface area contributed by atoms with E-state index in [1.807, 2.05) is 0 Å². The molecule has 0 aliphatic carbocycles. The van der Waals surface area contributed by atoms with Crippen molar-refractivity contribution in [2.75, 3.05) is 13.7 Å². The van der Waals surface area contributed by atoms with Crippen LogP contribution in [0.25, 0.3) is 21.7 Å². The number of aryl methyl sites for hydroxylation is 1. The first-order chi connectivity index (χ1) is 14.3. The lowest BCUT2D eigenvalue weighted by molar-refractivity contribution is -0.277. The Balaban J connectivity index is 1.75. The van der Waals surface area contributed by atoms with Crippen LogP contribution in [0.4, 0.5) is 0 Å². The highest BCUT2D eigenvalue weighted by Crippen LogP contribution is 2.34. The average molecular weight is 418 g/mol.